The number of nitrogens with zero attached hydrogens (tertiary/aromatic N) is 1. The number of aromatic nitrogens is 1. The summed E-state index contributed by atoms with van der Waals surface area (Å²) in [5.41, 5.74) is 2.66. The number of halogens is 2. The average molecular weight is 341 g/mol. The van der Waals surface area contributed by atoms with Gasteiger partial charge in [0.15, 0.2) is 0 Å². The van der Waals surface area contributed by atoms with Crippen molar-refractivity contribution in [2.24, 2.45) is 0 Å². The van der Waals surface area contributed by atoms with Gasteiger partial charge in [0.1, 0.15) is 11.6 Å². The Bertz CT molecular complexity index is 928. The number of aryl methyl sites for hydroxylation is 1. The maximum atomic E-state index is 13.9. The summed E-state index contributed by atoms with van der Waals surface area (Å²) in [6, 6.07) is 12.8. The number of nitriles is 1. The molecule has 0 bridgehead atoms. The summed E-state index contributed by atoms with van der Waals surface area (Å²) in [6.07, 6.45) is 1.72. The molecule has 24 heavy (non-hydrogen) atoms. The second-order valence-electron chi connectivity index (χ2n) is 5.24. The number of hydrogen-bond acceptors (Lipinski definition) is 3. The zero-order chi connectivity index (χ0) is 17.1. The van der Waals surface area contributed by atoms with E-state index in [9.17, 15) is 8.78 Å². The van der Waals surface area contributed by atoms with Crippen LogP contribution in [0.1, 0.15) is 11.1 Å². The van der Waals surface area contributed by atoms with Crippen molar-refractivity contribution in [1.29, 1.82) is 5.26 Å². The third kappa shape index (κ3) is 3.42. The smallest absolute Gasteiger partial charge is 0.148 e. The van der Waals surface area contributed by atoms with Crippen LogP contribution in [0.15, 0.2) is 53.6 Å². The highest BCUT2D eigenvalue weighted by Gasteiger charge is 2.09. The molecular weight excluding hydrogens is 328 g/mol. The highest BCUT2D eigenvalue weighted by atomic mass is 32.2. The minimum absolute atomic E-state index is 0.266. The van der Waals surface area contributed by atoms with Crippen LogP contribution in [-0.2, 0) is 0 Å². The second kappa shape index (κ2) is 6.77. The van der Waals surface area contributed by atoms with Gasteiger partial charge in [-0.1, -0.05) is 11.6 Å². The van der Waals surface area contributed by atoms with Crippen molar-refractivity contribution in [2.45, 2.75) is 11.8 Å². The number of hydrogen-bond donors (Lipinski definition) is 2. The van der Waals surface area contributed by atoms with E-state index in [1.807, 2.05) is 13.0 Å². The molecule has 120 valence electrons. The first-order valence-electron chi connectivity index (χ1n) is 7.14. The Morgan fingerprint density at radius 2 is 1.92 bits per heavy atom. The summed E-state index contributed by atoms with van der Waals surface area (Å²) in [5.74, 6) is -0.799. The van der Waals surface area contributed by atoms with E-state index in [1.54, 1.807) is 24.4 Å². The van der Waals surface area contributed by atoms with Crippen LogP contribution in [0.2, 0.25) is 0 Å². The maximum Gasteiger partial charge on any atom is 0.148 e. The first kappa shape index (κ1) is 16.1. The van der Waals surface area contributed by atoms with Gasteiger partial charge in [0.05, 0.1) is 17.3 Å². The zero-order valence-corrected chi connectivity index (χ0v) is 13.5. The highest BCUT2D eigenvalue weighted by molar-refractivity contribution is 8.00. The SMILES string of the molecule is Cc1ccc(F)c(-c2cc(SNc3ccc(C#N)cc3F)c[nH]2)c1. The minimum atomic E-state index is -0.498. The van der Waals surface area contributed by atoms with Gasteiger partial charge in [0, 0.05) is 22.3 Å². The molecule has 0 amide bonds. The van der Waals surface area contributed by atoms with E-state index < -0.39 is 5.82 Å². The molecule has 2 aromatic carbocycles. The van der Waals surface area contributed by atoms with Crippen LogP contribution in [-0.4, -0.2) is 4.98 Å². The number of nitrogens with one attached hydrogen (secondary N) is 2. The monoisotopic (exact) mass is 341 g/mol. The molecule has 0 spiro atoms. The van der Waals surface area contributed by atoms with Gasteiger partial charge < -0.3 is 9.71 Å². The van der Waals surface area contributed by atoms with Gasteiger partial charge in [0.25, 0.3) is 0 Å². The number of rotatable bonds is 4. The van der Waals surface area contributed by atoms with Crippen molar-refractivity contribution in [2.75, 3.05) is 4.72 Å². The van der Waals surface area contributed by atoms with Crippen molar-refractivity contribution < 1.29 is 8.78 Å². The van der Waals surface area contributed by atoms with Gasteiger partial charge in [-0.3, -0.25) is 0 Å². The fraction of sp³-hybridized carbons (Fsp3) is 0.0556. The lowest BCUT2D eigenvalue weighted by molar-refractivity contribution is 0.630. The van der Waals surface area contributed by atoms with Crippen molar-refractivity contribution in [3.8, 4) is 17.3 Å². The fourth-order valence-corrected chi connectivity index (χ4v) is 2.90. The summed E-state index contributed by atoms with van der Waals surface area (Å²) in [6.45, 7) is 1.90. The predicted octanol–water partition coefficient (Wildman–Crippen LogP) is 5.26. The summed E-state index contributed by atoms with van der Waals surface area (Å²) in [5, 5.41) is 8.74. The topological polar surface area (TPSA) is 51.6 Å². The molecule has 1 aromatic heterocycles. The Hall–Kier alpha value is -2.78. The van der Waals surface area contributed by atoms with E-state index in [0.717, 1.165) is 10.5 Å². The quantitative estimate of drug-likeness (QED) is 0.637. The van der Waals surface area contributed by atoms with Crippen LogP contribution >= 0.6 is 11.9 Å². The van der Waals surface area contributed by atoms with Gasteiger partial charge in [-0.05, 0) is 55.3 Å². The normalized spacial score (nSPS) is 10.4. The van der Waals surface area contributed by atoms with Crippen LogP contribution in [0.25, 0.3) is 11.3 Å². The molecule has 0 saturated heterocycles. The molecule has 0 aliphatic heterocycles. The number of H-pyrrole nitrogens is 1. The van der Waals surface area contributed by atoms with E-state index in [4.69, 9.17) is 5.26 Å². The van der Waals surface area contributed by atoms with E-state index in [-0.39, 0.29) is 17.1 Å². The first-order chi connectivity index (χ1) is 11.6. The largest absolute Gasteiger partial charge is 0.360 e. The van der Waals surface area contributed by atoms with Gasteiger partial charge in [-0.15, -0.1) is 0 Å². The molecule has 3 aromatic rings. The van der Waals surface area contributed by atoms with Crippen molar-refractivity contribution in [3.63, 3.8) is 0 Å². The van der Waals surface area contributed by atoms with Crippen LogP contribution in [0, 0.1) is 29.9 Å². The Morgan fingerprint density at radius 1 is 1.08 bits per heavy atom. The number of anilines is 1. The molecule has 0 atom stereocenters. The lowest BCUT2D eigenvalue weighted by Gasteiger charge is -2.05. The van der Waals surface area contributed by atoms with E-state index in [1.165, 1.54) is 36.2 Å². The van der Waals surface area contributed by atoms with Crippen molar-refractivity contribution >= 4 is 17.6 Å². The summed E-state index contributed by atoms with van der Waals surface area (Å²) >= 11 is 1.20. The fourth-order valence-electron chi connectivity index (χ4n) is 2.22. The summed E-state index contributed by atoms with van der Waals surface area (Å²) in [4.78, 5) is 3.81. The molecule has 0 fully saturated rings. The number of benzene rings is 2. The second-order valence-corrected chi connectivity index (χ2v) is 6.12. The number of aromatic amines is 1. The van der Waals surface area contributed by atoms with Crippen molar-refractivity contribution in [3.05, 3.63) is 71.4 Å². The zero-order valence-electron chi connectivity index (χ0n) is 12.7. The highest BCUT2D eigenvalue weighted by Crippen LogP contribution is 2.29. The molecular formula is C18H13F2N3S. The van der Waals surface area contributed by atoms with E-state index in [0.29, 0.717) is 11.3 Å². The lowest BCUT2D eigenvalue weighted by atomic mass is 10.1. The third-order valence-corrected chi connectivity index (χ3v) is 4.24. The van der Waals surface area contributed by atoms with Crippen LogP contribution in [0.4, 0.5) is 14.5 Å². The third-order valence-electron chi connectivity index (χ3n) is 3.45. The standard InChI is InChI=1S/C18H13F2N3S/c1-11-2-4-15(19)14(6-11)18-8-13(10-22-18)24-23-17-5-3-12(9-21)7-16(17)20/h2-8,10,22-23H,1H3. The summed E-state index contributed by atoms with van der Waals surface area (Å²) < 4.78 is 30.6. The van der Waals surface area contributed by atoms with Gasteiger partial charge in [-0.25, -0.2) is 8.78 Å². The Morgan fingerprint density at radius 3 is 2.67 bits per heavy atom. The first-order valence-corrected chi connectivity index (χ1v) is 7.96. The molecule has 6 heteroatoms. The Kier molecular flexibility index (Phi) is 4.54. The molecule has 0 aliphatic rings. The van der Waals surface area contributed by atoms with E-state index in [2.05, 4.69) is 9.71 Å². The average Bonchev–Trinajstić information content (AvgIpc) is 3.04. The molecule has 3 rings (SSSR count). The van der Waals surface area contributed by atoms with Gasteiger partial charge >= 0.3 is 0 Å². The van der Waals surface area contributed by atoms with Crippen LogP contribution in [0.3, 0.4) is 0 Å². The summed E-state index contributed by atoms with van der Waals surface area (Å²) in [7, 11) is 0. The van der Waals surface area contributed by atoms with Crippen molar-refractivity contribution in [1.82, 2.24) is 4.98 Å². The lowest BCUT2D eigenvalue weighted by Crippen LogP contribution is -1.91. The molecule has 0 saturated carbocycles. The van der Waals surface area contributed by atoms with Gasteiger partial charge in [-0.2, -0.15) is 5.26 Å². The molecule has 2 N–H and O–H groups in total. The Labute approximate surface area is 142 Å². The van der Waals surface area contributed by atoms with Crippen LogP contribution in [0.5, 0.6) is 0 Å². The minimum Gasteiger partial charge on any atom is -0.360 e. The molecule has 0 aliphatic carbocycles. The molecule has 0 radical (unpaired) electrons. The van der Waals surface area contributed by atoms with Crippen LogP contribution < -0.4 is 4.72 Å². The maximum absolute atomic E-state index is 13.9. The van der Waals surface area contributed by atoms with Gasteiger partial charge in [0.2, 0.25) is 0 Å². The predicted molar refractivity (Wildman–Crippen MR) is 91.5 cm³/mol. The molecule has 1 heterocycles. The molecule has 0 unspecified atom stereocenters. The Balaban J connectivity index is 1.75. The molecule has 3 nitrogen and oxygen atoms in total. The van der Waals surface area contributed by atoms with E-state index >= 15 is 0 Å².